The summed E-state index contributed by atoms with van der Waals surface area (Å²) in [5, 5.41) is 13.6. The first-order valence-electron chi connectivity index (χ1n) is 10.0. The van der Waals surface area contributed by atoms with E-state index in [9.17, 15) is 14.9 Å². The zero-order valence-corrected chi connectivity index (χ0v) is 19.2. The van der Waals surface area contributed by atoms with Gasteiger partial charge in [-0.3, -0.25) is 14.9 Å². The van der Waals surface area contributed by atoms with E-state index in [1.807, 2.05) is 37.4 Å². The van der Waals surface area contributed by atoms with Crippen molar-refractivity contribution in [2.75, 3.05) is 19.8 Å². The van der Waals surface area contributed by atoms with Crippen LogP contribution in [-0.4, -0.2) is 40.5 Å². The lowest BCUT2D eigenvalue weighted by Crippen LogP contribution is -2.31. The summed E-state index contributed by atoms with van der Waals surface area (Å²) in [4.78, 5) is 30.9. The highest BCUT2D eigenvalue weighted by molar-refractivity contribution is 8.01. The molecule has 10 heteroatoms. The summed E-state index contributed by atoms with van der Waals surface area (Å²) < 4.78 is 12.1. The van der Waals surface area contributed by atoms with E-state index in [2.05, 4.69) is 4.98 Å². The van der Waals surface area contributed by atoms with E-state index in [1.54, 1.807) is 17.0 Å². The van der Waals surface area contributed by atoms with Crippen LogP contribution in [0.3, 0.4) is 0 Å². The smallest absolute Gasteiger partial charge is 0.284 e. The Labute approximate surface area is 193 Å². The van der Waals surface area contributed by atoms with Crippen molar-refractivity contribution in [3.63, 3.8) is 0 Å². The third-order valence-corrected chi connectivity index (χ3v) is 7.00. The fourth-order valence-corrected chi connectivity index (χ4v) is 5.21. The van der Waals surface area contributed by atoms with Crippen LogP contribution < -0.4 is 9.47 Å². The van der Waals surface area contributed by atoms with Crippen molar-refractivity contribution < 1.29 is 19.2 Å². The fourth-order valence-electron chi connectivity index (χ4n) is 3.33. The van der Waals surface area contributed by atoms with Crippen LogP contribution in [-0.2, 0) is 6.54 Å². The fraction of sp³-hybridized carbons (Fsp3) is 0.273. The molecule has 32 heavy (non-hydrogen) atoms. The molecule has 0 fully saturated rings. The number of aryl methyl sites for hydroxylation is 1. The molecule has 0 aliphatic carbocycles. The maximum Gasteiger partial charge on any atom is 0.284 e. The molecule has 1 aliphatic rings. The standard InChI is InChI=1S/C22H21N3O5S2/c1-3-24(12-16-5-4-6-18-20(16)30-10-9-29-18)21(26)15-7-8-19(17(11-15)25(27)28)32-22-23-14(2)13-31-22/h4-8,11,13H,3,9-10,12H2,1-2H3. The molecule has 3 aromatic rings. The minimum Gasteiger partial charge on any atom is -0.486 e. The number of para-hydroxylation sites is 1. The second kappa shape index (κ2) is 9.58. The number of hydrogen-bond donors (Lipinski definition) is 0. The summed E-state index contributed by atoms with van der Waals surface area (Å²) in [6.45, 7) is 5.43. The average Bonchev–Trinajstić information content (AvgIpc) is 3.21. The number of thiazole rings is 1. The normalized spacial score (nSPS) is 12.4. The average molecular weight is 472 g/mol. The Morgan fingerprint density at radius 2 is 2.09 bits per heavy atom. The Balaban J connectivity index is 1.58. The minimum atomic E-state index is -0.464. The second-order valence-electron chi connectivity index (χ2n) is 7.06. The molecule has 0 radical (unpaired) electrons. The van der Waals surface area contributed by atoms with Crippen LogP contribution in [0.4, 0.5) is 5.69 Å². The number of nitrogens with zero attached hydrogens (tertiary/aromatic N) is 3. The van der Waals surface area contributed by atoms with E-state index >= 15 is 0 Å². The summed E-state index contributed by atoms with van der Waals surface area (Å²) in [5.41, 5.74) is 1.85. The van der Waals surface area contributed by atoms with Crippen LogP contribution in [0, 0.1) is 17.0 Å². The predicted octanol–water partition coefficient (Wildman–Crippen LogP) is 4.94. The first kappa shape index (κ1) is 22.1. The van der Waals surface area contributed by atoms with Crippen molar-refractivity contribution >= 4 is 34.7 Å². The number of amides is 1. The van der Waals surface area contributed by atoms with Crippen molar-refractivity contribution in [1.82, 2.24) is 9.88 Å². The van der Waals surface area contributed by atoms with Gasteiger partial charge < -0.3 is 14.4 Å². The monoisotopic (exact) mass is 471 g/mol. The van der Waals surface area contributed by atoms with Gasteiger partial charge in [0, 0.05) is 41.4 Å². The first-order valence-corrected chi connectivity index (χ1v) is 11.7. The SMILES string of the molecule is CCN(Cc1cccc2c1OCCO2)C(=O)c1ccc(Sc2nc(C)cs2)c([N+](=O)[O-])c1. The number of fused-ring (bicyclic) bond motifs is 1. The van der Waals surface area contributed by atoms with Gasteiger partial charge in [-0.2, -0.15) is 0 Å². The van der Waals surface area contributed by atoms with Gasteiger partial charge in [0.15, 0.2) is 15.8 Å². The molecule has 2 aromatic carbocycles. The van der Waals surface area contributed by atoms with E-state index in [0.717, 1.165) is 15.6 Å². The Morgan fingerprint density at radius 3 is 2.81 bits per heavy atom. The summed E-state index contributed by atoms with van der Waals surface area (Å²) in [5.74, 6) is 1.01. The van der Waals surface area contributed by atoms with Crippen molar-refractivity contribution in [3.05, 3.63) is 68.7 Å². The molecule has 0 bridgehead atoms. The molecule has 0 saturated heterocycles. The van der Waals surface area contributed by atoms with Crippen LogP contribution in [0.1, 0.15) is 28.5 Å². The van der Waals surface area contributed by atoms with E-state index in [1.165, 1.54) is 29.2 Å². The van der Waals surface area contributed by atoms with Gasteiger partial charge in [0.25, 0.3) is 11.6 Å². The molecular formula is C22H21N3O5S2. The second-order valence-corrected chi connectivity index (χ2v) is 9.20. The number of rotatable bonds is 7. The molecule has 0 saturated carbocycles. The zero-order chi connectivity index (χ0) is 22.7. The summed E-state index contributed by atoms with van der Waals surface area (Å²) in [7, 11) is 0. The molecule has 0 atom stereocenters. The molecule has 0 N–H and O–H groups in total. The zero-order valence-electron chi connectivity index (χ0n) is 17.6. The van der Waals surface area contributed by atoms with Crippen molar-refractivity contribution in [2.45, 2.75) is 29.6 Å². The number of benzene rings is 2. The lowest BCUT2D eigenvalue weighted by atomic mass is 10.1. The molecular weight excluding hydrogens is 450 g/mol. The molecule has 0 unspecified atom stereocenters. The Morgan fingerprint density at radius 1 is 1.28 bits per heavy atom. The number of ether oxygens (including phenoxy) is 2. The Bertz CT molecular complexity index is 1160. The first-order chi connectivity index (χ1) is 15.5. The van der Waals surface area contributed by atoms with E-state index in [0.29, 0.717) is 42.7 Å². The summed E-state index contributed by atoms with van der Waals surface area (Å²) >= 11 is 2.65. The third kappa shape index (κ3) is 4.71. The van der Waals surface area contributed by atoms with Gasteiger partial charge in [-0.25, -0.2) is 4.98 Å². The van der Waals surface area contributed by atoms with Gasteiger partial charge in [0.1, 0.15) is 13.2 Å². The van der Waals surface area contributed by atoms with Gasteiger partial charge in [-0.15, -0.1) is 11.3 Å². The maximum atomic E-state index is 13.2. The number of carbonyl (C=O) groups is 1. The van der Waals surface area contributed by atoms with E-state index < -0.39 is 4.92 Å². The van der Waals surface area contributed by atoms with Gasteiger partial charge >= 0.3 is 0 Å². The number of hydrogen-bond acceptors (Lipinski definition) is 8. The highest BCUT2D eigenvalue weighted by Crippen LogP contribution is 2.37. The van der Waals surface area contributed by atoms with Crippen molar-refractivity contribution in [2.24, 2.45) is 0 Å². The van der Waals surface area contributed by atoms with Crippen LogP contribution >= 0.6 is 23.1 Å². The van der Waals surface area contributed by atoms with E-state index in [-0.39, 0.29) is 17.2 Å². The highest BCUT2D eigenvalue weighted by atomic mass is 32.2. The number of carbonyl (C=O) groups excluding carboxylic acids is 1. The number of nitro benzene ring substituents is 1. The molecule has 166 valence electrons. The third-order valence-electron chi connectivity index (χ3n) is 4.88. The quantitative estimate of drug-likeness (QED) is 0.356. The minimum absolute atomic E-state index is 0.112. The van der Waals surface area contributed by atoms with Crippen LogP contribution in [0.2, 0.25) is 0 Å². The highest BCUT2D eigenvalue weighted by Gasteiger charge is 2.24. The van der Waals surface area contributed by atoms with Gasteiger partial charge in [-0.05, 0) is 32.0 Å². The molecule has 0 spiro atoms. The maximum absolute atomic E-state index is 13.2. The van der Waals surface area contributed by atoms with Crippen LogP contribution in [0.15, 0.2) is 51.0 Å². The summed E-state index contributed by atoms with van der Waals surface area (Å²) in [6.07, 6.45) is 0. The molecule has 4 rings (SSSR count). The summed E-state index contributed by atoms with van der Waals surface area (Å²) in [6, 6.07) is 10.2. The Hall–Kier alpha value is -3.11. The van der Waals surface area contributed by atoms with Crippen molar-refractivity contribution in [3.8, 4) is 11.5 Å². The van der Waals surface area contributed by atoms with Crippen molar-refractivity contribution in [1.29, 1.82) is 0 Å². The Kier molecular flexibility index (Phi) is 6.61. The molecule has 2 heterocycles. The van der Waals surface area contributed by atoms with Gasteiger partial charge in [0.05, 0.1) is 9.82 Å². The lowest BCUT2D eigenvalue weighted by Gasteiger charge is -2.25. The largest absolute Gasteiger partial charge is 0.486 e. The van der Waals surface area contributed by atoms with Gasteiger partial charge in [-0.1, -0.05) is 23.9 Å². The lowest BCUT2D eigenvalue weighted by molar-refractivity contribution is -0.387. The molecule has 1 aliphatic heterocycles. The molecule has 8 nitrogen and oxygen atoms in total. The van der Waals surface area contributed by atoms with Crippen LogP contribution in [0.25, 0.3) is 0 Å². The van der Waals surface area contributed by atoms with Gasteiger partial charge in [0.2, 0.25) is 0 Å². The topological polar surface area (TPSA) is 94.8 Å². The van der Waals surface area contributed by atoms with Crippen LogP contribution in [0.5, 0.6) is 11.5 Å². The predicted molar refractivity (Wildman–Crippen MR) is 122 cm³/mol. The number of nitro groups is 1. The number of aromatic nitrogens is 1. The molecule has 1 amide bonds. The molecule has 1 aromatic heterocycles. The van der Waals surface area contributed by atoms with E-state index in [4.69, 9.17) is 9.47 Å².